The molecule has 0 aliphatic carbocycles. The van der Waals surface area contributed by atoms with E-state index in [0.717, 1.165) is 12.1 Å². The van der Waals surface area contributed by atoms with Crippen LogP contribution in [0.25, 0.3) is 5.65 Å². The van der Waals surface area contributed by atoms with E-state index in [0.29, 0.717) is 29.3 Å². The number of amides is 1. The molecule has 0 radical (unpaired) electrons. The summed E-state index contributed by atoms with van der Waals surface area (Å²) in [6.07, 6.45) is 1.94. The first-order valence-corrected chi connectivity index (χ1v) is 8.38. The molecule has 3 aromatic rings. The number of imidazole rings is 1. The minimum atomic E-state index is -4.36. The third-order valence-electron chi connectivity index (χ3n) is 4.10. The monoisotopic (exact) mass is 389 g/mol. The highest BCUT2D eigenvalue weighted by atomic mass is 19.4. The average Bonchev–Trinajstić information content (AvgIpc) is 3.13. The fraction of sp³-hybridized carbons (Fsp3) is 0.211. The van der Waals surface area contributed by atoms with Crippen molar-refractivity contribution in [3.8, 4) is 0 Å². The topological polar surface area (TPSA) is 62.5 Å². The second-order valence-corrected chi connectivity index (χ2v) is 6.19. The molecule has 0 bridgehead atoms. The van der Waals surface area contributed by atoms with E-state index >= 15 is 0 Å². The van der Waals surface area contributed by atoms with Gasteiger partial charge in [-0.05, 0) is 23.8 Å². The zero-order chi connectivity index (χ0) is 20.3. The Morgan fingerprint density at radius 2 is 2.04 bits per heavy atom. The molecule has 0 aliphatic heterocycles. The van der Waals surface area contributed by atoms with Crippen molar-refractivity contribution >= 4 is 17.4 Å². The van der Waals surface area contributed by atoms with E-state index in [2.05, 4.69) is 21.9 Å². The van der Waals surface area contributed by atoms with Gasteiger partial charge in [0.05, 0.1) is 17.8 Å². The van der Waals surface area contributed by atoms with Crippen molar-refractivity contribution in [1.82, 2.24) is 19.7 Å². The van der Waals surface area contributed by atoms with Gasteiger partial charge in [0.1, 0.15) is 0 Å². The Morgan fingerprint density at radius 1 is 1.32 bits per heavy atom. The van der Waals surface area contributed by atoms with Gasteiger partial charge in [0.25, 0.3) is 0 Å². The largest absolute Gasteiger partial charge is 0.416 e. The Labute approximate surface area is 159 Å². The number of halogens is 3. The van der Waals surface area contributed by atoms with Crippen LogP contribution in [0.4, 0.5) is 19.0 Å². The fourth-order valence-corrected chi connectivity index (χ4v) is 2.70. The summed E-state index contributed by atoms with van der Waals surface area (Å²) in [7, 11) is 1.78. The van der Waals surface area contributed by atoms with Gasteiger partial charge >= 0.3 is 6.18 Å². The van der Waals surface area contributed by atoms with Crippen LogP contribution in [0, 0.1) is 0 Å². The van der Waals surface area contributed by atoms with E-state index in [1.165, 1.54) is 18.2 Å². The summed E-state index contributed by atoms with van der Waals surface area (Å²) in [5.74, 6) is 0.238. The number of benzene rings is 1. The first-order chi connectivity index (χ1) is 13.3. The highest BCUT2D eigenvalue weighted by Crippen LogP contribution is 2.29. The Balaban J connectivity index is 1.84. The highest BCUT2D eigenvalue weighted by molar-refractivity contribution is 5.86. The molecule has 146 valence electrons. The number of hydrogen-bond donors (Lipinski definition) is 1. The zero-order valence-electron chi connectivity index (χ0n) is 15.1. The lowest BCUT2D eigenvalue weighted by molar-refractivity contribution is -0.137. The van der Waals surface area contributed by atoms with Crippen LogP contribution in [0.5, 0.6) is 0 Å². The molecule has 0 saturated heterocycles. The Hall–Kier alpha value is -3.36. The summed E-state index contributed by atoms with van der Waals surface area (Å²) < 4.78 is 39.9. The van der Waals surface area contributed by atoms with Crippen molar-refractivity contribution in [1.29, 1.82) is 0 Å². The van der Waals surface area contributed by atoms with Crippen molar-refractivity contribution in [2.75, 3.05) is 11.9 Å². The quantitative estimate of drug-likeness (QED) is 0.658. The smallest absolute Gasteiger partial charge is 0.352 e. The molecule has 2 heterocycles. The zero-order valence-corrected chi connectivity index (χ0v) is 15.1. The van der Waals surface area contributed by atoms with Crippen LogP contribution in [0.15, 0.2) is 55.5 Å². The Morgan fingerprint density at radius 3 is 2.68 bits per heavy atom. The molecule has 0 aliphatic rings. The van der Waals surface area contributed by atoms with Gasteiger partial charge in [0, 0.05) is 32.2 Å². The minimum Gasteiger partial charge on any atom is -0.352 e. The molecule has 0 unspecified atom stereocenters. The number of hydrogen-bond acceptors (Lipinski definition) is 4. The normalized spacial score (nSPS) is 11.4. The molecule has 9 heteroatoms. The van der Waals surface area contributed by atoms with Gasteiger partial charge in [0.15, 0.2) is 11.5 Å². The van der Waals surface area contributed by atoms with E-state index in [4.69, 9.17) is 0 Å². The van der Waals surface area contributed by atoms with Gasteiger partial charge in [-0.2, -0.15) is 13.2 Å². The van der Waals surface area contributed by atoms with Crippen LogP contribution in [0.1, 0.15) is 16.8 Å². The number of anilines is 1. The fourth-order valence-electron chi connectivity index (χ4n) is 2.70. The van der Waals surface area contributed by atoms with E-state index in [9.17, 15) is 18.0 Å². The molecule has 6 nitrogen and oxygen atoms in total. The third-order valence-corrected chi connectivity index (χ3v) is 4.10. The number of aromatic nitrogens is 3. The number of fused-ring (bicyclic) bond motifs is 1. The van der Waals surface area contributed by atoms with Crippen LogP contribution in [-0.2, 0) is 24.1 Å². The molecule has 0 atom stereocenters. The van der Waals surface area contributed by atoms with E-state index in [1.807, 2.05) is 0 Å². The van der Waals surface area contributed by atoms with Crippen LogP contribution in [0.2, 0.25) is 0 Å². The number of nitrogens with one attached hydrogen (secondary N) is 1. The number of carbonyl (C=O) groups excluding carboxylic acids is 1. The summed E-state index contributed by atoms with van der Waals surface area (Å²) >= 11 is 0. The van der Waals surface area contributed by atoms with Crippen LogP contribution in [0.3, 0.4) is 0 Å². The molecule has 0 saturated carbocycles. The van der Waals surface area contributed by atoms with Gasteiger partial charge in [-0.25, -0.2) is 9.97 Å². The molecule has 0 fully saturated rings. The molecule has 2 aromatic heterocycles. The van der Waals surface area contributed by atoms with Crippen molar-refractivity contribution < 1.29 is 18.0 Å². The van der Waals surface area contributed by atoms with E-state index in [-0.39, 0.29) is 12.5 Å². The van der Waals surface area contributed by atoms with Gasteiger partial charge < -0.3 is 14.6 Å². The summed E-state index contributed by atoms with van der Waals surface area (Å²) in [4.78, 5) is 22.0. The maximum absolute atomic E-state index is 12.7. The SMILES string of the molecule is C=CC(=O)NCc1cn2ccnc2c(N(C)Cc2ccc(C(F)(F)F)cc2)n1. The number of nitrogens with zero attached hydrogens (tertiary/aromatic N) is 4. The molecule has 1 N–H and O–H groups in total. The molecule has 1 aromatic carbocycles. The second kappa shape index (κ2) is 7.71. The molecule has 0 spiro atoms. The van der Waals surface area contributed by atoms with Crippen LogP contribution in [-0.4, -0.2) is 27.3 Å². The van der Waals surface area contributed by atoms with E-state index < -0.39 is 11.7 Å². The van der Waals surface area contributed by atoms with Crippen LogP contribution >= 0.6 is 0 Å². The predicted octanol–water partition coefficient (Wildman–Crippen LogP) is 3.19. The third kappa shape index (κ3) is 4.30. The number of rotatable bonds is 6. The summed E-state index contributed by atoms with van der Waals surface area (Å²) in [5, 5.41) is 2.66. The minimum absolute atomic E-state index is 0.208. The molecular weight excluding hydrogens is 371 g/mol. The lowest BCUT2D eigenvalue weighted by atomic mass is 10.1. The molecule has 28 heavy (non-hydrogen) atoms. The maximum Gasteiger partial charge on any atom is 0.416 e. The Kier molecular flexibility index (Phi) is 5.34. The van der Waals surface area contributed by atoms with Crippen molar-refractivity contribution in [3.05, 3.63) is 72.3 Å². The average molecular weight is 389 g/mol. The first-order valence-electron chi connectivity index (χ1n) is 8.38. The van der Waals surface area contributed by atoms with E-state index in [1.54, 1.807) is 34.9 Å². The summed E-state index contributed by atoms with van der Waals surface area (Å²) in [6, 6.07) is 5.00. The van der Waals surface area contributed by atoms with Gasteiger partial charge in [-0.3, -0.25) is 4.79 Å². The van der Waals surface area contributed by atoms with Crippen LogP contribution < -0.4 is 10.2 Å². The summed E-state index contributed by atoms with van der Waals surface area (Å²) in [5.41, 5.74) is 1.23. The molecule has 1 amide bonds. The molecular formula is C19H18F3N5O. The predicted molar refractivity (Wildman–Crippen MR) is 98.6 cm³/mol. The van der Waals surface area contributed by atoms with Gasteiger partial charge in [-0.1, -0.05) is 18.7 Å². The first kappa shape index (κ1) is 19.4. The standard InChI is InChI=1S/C19H18F3N5O/c1-3-16(28)24-10-15-12-27-9-8-23-17(27)18(25-15)26(2)11-13-4-6-14(7-5-13)19(20,21)22/h3-9,12H,1,10-11H2,2H3,(H,24,28). The number of carbonyl (C=O) groups is 1. The maximum atomic E-state index is 12.7. The second-order valence-electron chi connectivity index (χ2n) is 6.19. The molecule has 3 rings (SSSR count). The van der Waals surface area contributed by atoms with Gasteiger partial charge in [0.2, 0.25) is 5.91 Å². The van der Waals surface area contributed by atoms with Crippen molar-refractivity contribution in [3.63, 3.8) is 0 Å². The lowest BCUT2D eigenvalue weighted by Gasteiger charge is -2.20. The van der Waals surface area contributed by atoms with Crippen molar-refractivity contribution in [2.24, 2.45) is 0 Å². The number of alkyl halides is 3. The van der Waals surface area contributed by atoms with Gasteiger partial charge in [-0.15, -0.1) is 0 Å². The summed E-state index contributed by atoms with van der Waals surface area (Å²) in [6.45, 7) is 3.95. The Bertz CT molecular complexity index is 995. The lowest BCUT2D eigenvalue weighted by Crippen LogP contribution is -2.23. The highest BCUT2D eigenvalue weighted by Gasteiger charge is 2.30. The van der Waals surface area contributed by atoms with Crippen molar-refractivity contribution in [2.45, 2.75) is 19.3 Å².